The lowest BCUT2D eigenvalue weighted by atomic mass is 9.97. The third-order valence-electron chi connectivity index (χ3n) is 5.39. The van der Waals surface area contributed by atoms with Gasteiger partial charge in [0.15, 0.2) is 5.82 Å². The Morgan fingerprint density at radius 1 is 1.14 bits per heavy atom. The molecule has 1 aromatic heterocycles. The van der Waals surface area contributed by atoms with Crippen molar-refractivity contribution in [1.29, 1.82) is 0 Å². The van der Waals surface area contributed by atoms with Crippen LogP contribution in [0.15, 0.2) is 47.4 Å². The van der Waals surface area contributed by atoms with E-state index in [1.54, 1.807) is 19.9 Å². The van der Waals surface area contributed by atoms with Crippen molar-refractivity contribution in [1.82, 2.24) is 4.98 Å². The molecule has 0 saturated heterocycles. The second-order valence-electron chi connectivity index (χ2n) is 8.04. The maximum atomic E-state index is 13.6. The first-order valence-electron chi connectivity index (χ1n) is 10.7. The Bertz CT molecular complexity index is 1330. The minimum Gasteiger partial charge on any atom is -0.465 e. The largest absolute Gasteiger partial charge is 0.465 e. The number of hydrogen-bond donors (Lipinski definition) is 0. The zero-order chi connectivity index (χ0) is 26.1. The molecular formula is C24H25F3N2O4S2. The van der Waals surface area contributed by atoms with Crippen LogP contribution in [0, 0.1) is 6.92 Å². The predicted octanol–water partition coefficient (Wildman–Crippen LogP) is 6.26. The highest BCUT2D eigenvalue weighted by atomic mass is 32.2. The second kappa shape index (κ2) is 9.98. The average Bonchev–Trinajstić information content (AvgIpc) is 3.18. The number of benzene rings is 2. The van der Waals surface area contributed by atoms with Crippen LogP contribution in [0.25, 0.3) is 10.6 Å². The number of thiazole rings is 1. The molecule has 11 heteroatoms. The average molecular weight is 527 g/mol. The molecule has 3 aromatic rings. The number of alkyl halides is 3. The Labute approximate surface area is 206 Å². The minimum atomic E-state index is -4.45. The van der Waals surface area contributed by atoms with Crippen LogP contribution >= 0.6 is 11.3 Å². The number of carbonyl (C=O) groups excluding carboxylic acids is 1. The Balaban J connectivity index is 2.04. The standard InChI is InChI=1S/C24H25F3N2O4S2/c1-6-29(35(31,32)18-11-12-19(14(2)3)20(13-18)23(30)33-5)21-15(4)34-22(28-21)16-7-9-17(10-8-16)24(25,26)27/h7-14H,6H2,1-5H3. The topological polar surface area (TPSA) is 76.6 Å². The predicted molar refractivity (Wildman–Crippen MR) is 129 cm³/mol. The van der Waals surface area contributed by atoms with Gasteiger partial charge in [-0.15, -0.1) is 11.3 Å². The monoisotopic (exact) mass is 526 g/mol. The summed E-state index contributed by atoms with van der Waals surface area (Å²) in [5, 5.41) is 0.394. The first-order chi connectivity index (χ1) is 16.3. The molecule has 2 aromatic carbocycles. The zero-order valence-electron chi connectivity index (χ0n) is 19.8. The maximum Gasteiger partial charge on any atom is 0.416 e. The van der Waals surface area contributed by atoms with E-state index >= 15 is 0 Å². The lowest BCUT2D eigenvalue weighted by Gasteiger charge is -2.22. The molecule has 0 atom stereocenters. The van der Waals surface area contributed by atoms with Gasteiger partial charge in [0.2, 0.25) is 0 Å². The number of carbonyl (C=O) groups is 1. The number of rotatable bonds is 7. The summed E-state index contributed by atoms with van der Waals surface area (Å²) in [4.78, 5) is 17.3. The van der Waals surface area contributed by atoms with Crippen LogP contribution in [0.5, 0.6) is 0 Å². The molecule has 0 spiro atoms. The number of esters is 1. The van der Waals surface area contributed by atoms with E-state index in [0.29, 0.717) is 21.0 Å². The molecule has 0 aliphatic heterocycles. The van der Waals surface area contributed by atoms with Gasteiger partial charge in [-0.05, 0) is 49.6 Å². The highest BCUT2D eigenvalue weighted by Gasteiger charge is 2.31. The van der Waals surface area contributed by atoms with Gasteiger partial charge in [-0.3, -0.25) is 0 Å². The van der Waals surface area contributed by atoms with Gasteiger partial charge in [-0.1, -0.05) is 32.0 Å². The van der Waals surface area contributed by atoms with Crippen molar-refractivity contribution in [3.63, 3.8) is 0 Å². The van der Waals surface area contributed by atoms with Crippen molar-refractivity contribution in [3.8, 4) is 10.6 Å². The van der Waals surface area contributed by atoms with Crippen LogP contribution in [-0.4, -0.2) is 33.0 Å². The molecule has 0 bridgehead atoms. The van der Waals surface area contributed by atoms with Gasteiger partial charge in [0, 0.05) is 17.0 Å². The molecule has 1 heterocycles. The van der Waals surface area contributed by atoms with Gasteiger partial charge < -0.3 is 4.74 Å². The number of ether oxygens (including phenoxy) is 1. The van der Waals surface area contributed by atoms with E-state index in [1.165, 1.54) is 42.7 Å². The van der Waals surface area contributed by atoms with E-state index in [4.69, 9.17) is 4.74 Å². The molecule has 0 N–H and O–H groups in total. The summed E-state index contributed by atoms with van der Waals surface area (Å²) in [7, 11) is -2.88. The molecule has 0 aliphatic rings. The molecule has 0 fully saturated rings. The molecule has 0 amide bonds. The van der Waals surface area contributed by atoms with Crippen LogP contribution in [-0.2, 0) is 20.9 Å². The molecule has 0 radical (unpaired) electrons. The van der Waals surface area contributed by atoms with Crippen molar-refractivity contribution in [2.75, 3.05) is 18.0 Å². The van der Waals surface area contributed by atoms with Crippen molar-refractivity contribution >= 4 is 33.1 Å². The van der Waals surface area contributed by atoms with Gasteiger partial charge >= 0.3 is 12.1 Å². The van der Waals surface area contributed by atoms with Crippen LogP contribution in [0.1, 0.15) is 53.1 Å². The van der Waals surface area contributed by atoms with E-state index in [0.717, 1.165) is 16.4 Å². The number of aromatic nitrogens is 1. The zero-order valence-corrected chi connectivity index (χ0v) is 21.4. The Hall–Kier alpha value is -2.92. The summed E-state index contributed by atoms with van der Waals surface area (Å²) < 4.78 is 71.8. The highest BCUT2D eigenvalue weighted by molar-refractivity contribution is 7.92. The molecular weight excluding hydrogens is 501 g/mol. The SMILES string of the molecule is CCN(c1nc(-c2ccc(C(F)(F)F)cc2)sc1C)S(=O)(=O)c1ccc(C(C)C)c(C(=O)OC)c1. The van der Waals surface area contributed by atoms with E-state index in [2.05, 4.69) is 4.98 Å². The third kappa shape index (κ3) is 5.35. The second-order valence-corrected chi connectivity index (χ2v) is 11.1. The van der Waals surface area contributed by atoms with Crippen LogP contribution < -0.4 is 4.31 Å². The van der Waals surface area contributed by atoms with E-state index < -0.39 is 27.7 Å². The summed E-state index contributed by atoms with van der Waals surface area (Å²) in [5.74, 6) is -0.488. The number of halogens is 3. The molecule has 188 valence electrons. The highest BCUT2D eigenvalue weighted by Crippen LogP contribution is 2.37. The van der Waals surface area contributed by atoms with Gasteiger partial charge in [0.25, 0.3) is 10.0 Å². The summed E-state index contributed by atoms with van der Waals surface area (Å²) in [6, 6.07) is 8.89. The molecule has 35 heavy (non-hydrogen) atoms. The number of hydrogen-bond acceptors (Lipinski definition) is 6. The van der Waals surface area contributed by atoms with Gasteiger partial charge in [-0.2, -0.15) is 13.2 Å². The summed E-state index contributed by atoms with van der Waals surface area (Å²) >= 11 is 1.18. The molecule has 0 aliphatic carbocycles. The molecule has 0 saturated carbocycles. The van der Waals surface area contributed by atoms with Crippen LogP contribution in [0.3, 0.4) is 0 Å². The van der Waals surface area contributed by atoms with Crippen molar-refractivity contribution in [3.05, 3.63) is 64.0 Å². The van der Waals surface area contributed by atoms with E-state index in [1.807, 2.05) is 13.8 Å². The number of anilines is 1. The fraction of sp³-hybridized carbons (Fsp3) is 0.333. The number of sulfonamides is 1. The van der Waals surface area contributed by atoms with Gasteiger partial charge in [0.05, 0.1) is 23.1 Å². The normalized spacial score (nSPS) is 12.1. The lowest BCUT2D eigenvalue weighted by Crippen LogP contribution is -2.31. The lowest BCUT2D eigenvalue weighted by molar-refractivity contribution is -0.137. The van der Waals surface area contributed by atoms with Crippen molar-refractivity contribution in [2.45, 2.75) is 44.7 Å². The molecule has 6 nitrogen and oxygen atoms in total. The van der Waals surface area contributed by atoms with E-state index in [9.17, 15) is 26.4 Å². The van der Waals surface area contributed by atoms with Crippen LogP contribution in [0.2, 0.25) is 0 Å². The van der Waals surface area contributed by atoms with Crippen LogP contribution in [0.4, 0.5) is 19.0 Å². The first-order valence-corrected chi connectivity index (χ1v) is 13.0. The fourth-order valence-electron chi connectivity index (χ4n) is 3.59. The Kier molecular flexibility index (Phi) is 7.61. The molecule has 3 rings (SSSR count). The van der Waals surface area contributed by atoms with Gasteiger partial charge in [-0.25, -0.2) is 22.5 Å². The number of methoxy groups -OCH3 is 1. The quantitative estimate of drug-likeness (QED) is 0.340. The summed E-state index contributed by atoms with van der Waals surface area (Å²) in [6.07, 6.45) is -4.45. The third-order valence-corrected chi connectivity index (χ3v) is 8.26. The molecule has 0 unspecified atom stereocenters. The maximum absolute atomic E-state index is 13.6. The van der Waals surface area contributed by atoms with Crippen molar-refractivity contribution < 1.29 is 31.1 Å². The smallest absolute Gasteiger partial charge is 0.416 e. The summed E-state index contributed by atoms with van der Waals surface area (Å²) in [5.41, 5.74) is 0.493. The van der Waals surface area contributed by atoms with Crippen molar-refractivity contribution in [2.24, 2.45) is 0 Å². The number of aryl methyl sites for hydroxylation is 1. The summed E-state index contributed by atoms with van der Waals surface area (Å²) in [6.45, 7) is 7.17. The fourth-order valence-corrected chi connectivity index (χ4v) is 6.08. The van der Waals surface area contributed by atoms with E-state index in [-0.39, 0.29) is 28.7 Å². The minimum absolute atomic E-state index is 0.0322. The van der Waals surface area contributed by atoms with Gasteiger partial charge in [0.1, 0.15) is 5.01 Å². The Morgan fingerprint density at radius 2 is 1.77 bits per heavy atom. The first kappa shape index (κ1) is 26.7. The Morgan fingerprint density at radius 3 is 2.29 bits per heavy atom. The number of nitrogens with zero attached hydrogens (tertiary/aromatic N) is 2.